The number of carbonyl (C=O) groups is 1. The van der Waals surface area contributed by atoms with Gasteiger partial charge in [0.25, 0.3) is 0 Å². The molecule has 0 aromatic rings. The van der Waals surface area contributed by atoms with E-state index >= 15 is 0 Å². The average molecular weight is 228 g/mol. The van der Waals surface area contributed by atoms with Crippen molar-refractivity contribution < 1.29 is 9.53 Å². The standard InChI is InChI=1S/C14H28O2/c1-6-10-16-11-8-13(15)7-9-14(4,5)12(2)3/h12H,6-11H2,1-5H3. The van der Waals surface area contributed by atoms with Crippen LogP contribution in [0.15, 0.2) is 0 Å². The summed E-state index contributed by atoms with van der Waals surface area (Å²) in [6.07, 6.45) is 3.28. The highest BCUT2D eigenvalue weighted by molar-refractivity contribution is 5.78. The molecule has 0 aromatic carbocycles. The second kappa shape index (κ2) is 7.83. The molecule has 0 aliphatic rings. The minimum Gasteiger partial charge on any atom is -0.381 e. The van der Waals surface area contributed by atoms with Crippen LogP contribution in [0.2, 0.25) is 0 Å². The smallest absolute Gasteiger partial charge is 0.135 e. The van der Waals surface area contributed by atoms with Gasteiger partial charge in [0.2, 0.25) is 0 Å². The summed E-state index contributed by atoms with van der Waals surface area (Å²) < 4.78 is 5.31. The summed E-state index contributed by atoms with van der Waals surface area (Å²) in [6, 6.07) is 0. The van der Waals surface area contributed by atoms with Crippen molar-refractivity contribution in [1.29, 1.82) is 0 Å². The Kier molecular flexibility index (Phi) is 7.65. The van der Waals surface area contributed by atoms with Crippen LogP contribution in [0.1, 0.15) is 60.3 Å². The molecule has 0 saturated heterocycles. The van der Waals surface area contributed by atoms with E-state index in [1.165, 1.54) is 0 Å². The zero-order valence-corrected chi connectivity index (χ0v) is 11.6. The largest absolute Gasteiger partial charge is 0.381 e. The fourth-order valence-electron chi connectivity index (χ4n) is 1.31. The summed E-state index contributed by atoms with van der Waals surface area (Å²) >= 11 is 0. The normalized spacial score (nSPS) is 12.1. The third kappa shape index (κ3) is 7.00. The fraction of sp³-hybridized carbons (Fsp3) is 0.929. The Balaban J connectivity index is 3.65. The number of hydrogen-bond donors (Lipinski definition) is 0. The molecule has 2 nitrogen and oxygen atoms in total. The van der Waals surface area contributed by atoms with Gasteiger partial charge in [-0.3, -0.25) is 4.79 Å². The van der Waals surface area contributed by atoms with Gasteiger partial charge < -0.3 is 4.74 Å². The number of hydrogen-bond acceptors (Lipinski definition) is 2. The zero-order chi connectivity index (χ0) is 12.6. The Hall–Kier alpha value is -0.370. The third-order valence-corrected chi connectivity index (χ3v) is 3.48. The lowest BCUT2D eigenvalue weighted by Crippen LogP contribution is -2.20. The van der Waals surface area contributed by atoms with Crippen molar-refractivity contribution in [3.05, 3.63) is 0 Å². The predicted molar refractivity (Wildman–Crippen MR) is 68.6 cm³/mol. The molecule has 2 heteroatoms. The first-order valence-corrected chi connectivity index (χ1v) is 6.49. The summed E-state index contributed by atoms with van der Waals surface area (Å²) in [5.74, 6) is 0.960. The molecule has 0 amide bonds. The molecule has 0 unspecified atom stereocenters. The summed E-state index contributed by atoms with van der Waals surface area (Å²) in [6.45, 7) is 12.3. The molecular weight excluding hydrogens is 200 g/mol. The van der Waals surface area contributed by atoms with Crippen LogP contribution in [-0.2, 0) is 9.53 Å². The van der Waals surface area contributed by atoms with E-state index in [4.69, 9.17) is 4.74 Å². The van der Waals surface area contributed by atoms with Gasteiger partial charge in [-0.15, -0.1) is 0 Å². The highest BCUT2D eigenvalue weighted by Gasteiger charge is 2.22. The van der Waals surface area contributed by atoms with Crippen molar-refractivity contribution >= 4 is 5.78 Å². The van der Waals surface area contributed by atoms with Crippen LogP contribution in [0.4, 0.5) is 0 Å². The van der Waals surface area contributed by atoms with Gasteiger partial charge in [0.05, 0.1) is 6.61 Å². The highest BCUT2D eigenvalue weighted by Crippen LogP contribution is 2.31. The molecule has 96 valence electrons. The SMILES string of the molecule is CCCOCCC(=O)CCC(C)(C)C(C)C. The van der Waals surface area contributed by atoms with E-state index in [-0.39, 0.29) is 5.41 Å². The van der Waals surface area contributed by atoms with E-state index in [2.05, 4.69) is 34.6 Å². The summed E-state index contributed by atoms with van der Waals surface area (Å²) in [5, 5.41) is 0. The quantitative estimate of drug-likeness (QED) is 0.561. The van der Waals surface area contributed by atoms with E-state index in [1.54, 1.807) is 0 Å². The minimum absolute atomic E-state index is 0.264. The Bertz CT molecular complexity index is 195. The topological polar surface area (TPSA) is 26.3 Å². The van der Waals surface area contributed by atoms with Gasteiger partial charge in [-0.05, 0) is 24.2 Å². The third-order valence-electron chi connectivity index (χ3n) is 3.48. The Morgan fingerprint density at radius 2 is 1.81 bits per heavy atom. The second-order valence-corrected chi connectivity index (χ2v) is 5.54. The van der Waals surface area contributed by atoms with Gasteiger partial charge in [0.1, 0.15) is 5.78 Å². The monoisotopic (exact) mass is 228 g/mol. The van der Waals surface area contributed by atoms with Crippen molar-refractivity contribution in [2.45, 2.75) is 60.3 Å². The number of carbonyl (C=O) groups excluding carboxylic acids is 1. The Morgan fingerprint density at radius 3 is 2.31 bits per heavy atom. The van der Waals surface area contributed by atoms with Gasteiger partial charge in [-0.2, -0.15) is 0 Å². The highest BCUT2D eigenvalue weighted by atomic mass is 16.5. The van der Waals surface area contributed by atoms with Gasteiger partial charge in [0.15, 0.2) is 0 Å². The average Bonchev–Trinajstić information content (AvgIpc) is 2.21. The predicted octanol–water partition coefficient (Wildman–Crippen LogP) is 3.83. The molecule has 0 heterocycles. The second-order valence-electron chi connectivity index (χ2n) is 5.54. The molecule has 0 radical (unpaired) electrons. The molecule has 0 aliphatic carbocycles. The molecule has 0 atom stereocenters. The number of ether oxygens (including phenoxy) is 1. The summed E-state index contributed by atoms with van der Waals surface area (Å²) in [5.41, 5.74) is 0.264. The number of ketones is 1. The van der Waals surface area contributed by atoms with Gasteiger partial charge in [-0.1, -0.05) is 34.6 Å². The van der Waals surface area contributed by atoms with Crippen molar-refractivity contribution in [2.75, 3.05) is 13.2 Å². The van der Waals surface area contributed by atoms with E-state index in [0.29, 0.717) is 31.1 Å². The summed E-state index contributed by atoms with van der Waals surface area (Å²) in [4.78, 5) is 11.6. The number of rotatable bonds is 9. The zero-order valence-electron chi connectivity index (χ0n) is 11.6. The molecule has 0 N–H and O–H groups in total. The van der Waals surface area contributed by atoms with Crippen LogP contribution in [0.5, 0.6) is 0 Å². The molecule has 0 rings (SSSR count). The fourth-order valence-corrected chi connectivity index (χ4v) is 1.31. The molecule has 16 heavy (non-hydrogen) atoms. The van der Waals surface area contributed by atoms with Crippen LogP contribution in [0.25, 0.3) is 0 Å². The molecule has 0 aromatic heterocycles. The number of Topliss-reactive ketones (excluding diaryl/α,β-unsaturated/α-hetero) is 1. The van der Waals surface area contributed by atoms with Crippen LogP contribution < -0.4 is 0 Å². The molecule has 0 spiro atoms. The van der Waals surface area contributed by atoms with Crippen LogP contribution >= 0.6 is 0 Å². The maximum atomic E-state index is 11.6. The van der Waals surface area contributed by atoms with Crippen LogP contribution in [0, 0.1) is 11.3 Å². The van der Waals surface area contributed by atoms with Crippen molar-refractivity contribution in [2.24, 2.45) is 11.3 Å². The summed E-state index contributed by atoms with van der Waals surface area (Å²) in [7, 11) is 0. The van der Waals surface area contributed by atoms with E-state index < -0.39 is 0 Å². The van der Waals surface area contributed by atoms with E-state index in [0.717, 1.165) is 19.4 Å². The lowest BCUT2D eigenvalue weighted by atomic mass is 9.77. The maximum absolute atomic E-state index is 11.6. The van der Waals surface area contributed by atoms with E-state index in [9.17, 15) is 4.79 Å². The van der Waals surface area contributed by atoms with Crippen molar-refractivity contribution in [1.82, 2.24) is 0 Å². The lowest BCUT2D eigenvalue weighted by molar-refractivity contribution is -0.120. The Labute approximate surface area is 101 Å². The molecule has 0 fully saturated rings. The van der Waals surface area contributed by atoms with Crippen LogP contribution in [0.3, 0.4) is 0 Å². The van der Waals surface area contributed by atoms with Crippen LogP contribution in [-0.4, -0.2) is 19.0 Å². The molecule has 0 aliphatic heterocycles. The maximum Gasteiger partial charge on any atom is 0.135 e. The van der Waals surface area contributed by atoms with E-state index in [1.807, 2.05) is 0 Å². The minimum atomic E-state index is 0.264. The van der Waals surface area contributed by atoms with Crippen molar-refractivity contribution in [3.63, 3.8) is 0 Å². The Morgan fingerprint density at radius 1 is 1.19 bits per heavy atom. The first-order chi connectivity index (χ1) is 7.40. The molecule has 0 saturated carbocycles. The first kappa shape index (κ1) is 15.6. The van der Waals surface area contributed by atoms with Gasteiger partial charge >= 0.3 is 0 Å². The van der Waals surface area contributed by atoms with Gasteiger partial charge in [-0.25, -0.2) is 0 Å². The van der Waals surface area contributed by atoms with Gasteiger partial charge in [0, 0.05) is 19.4 Å². The first-order valence-electron chi connectivity index (χ1n) is 6.49. The molecular formula is C14H28O2. The lowest BCUT2D eigenvalue weighted by Gasteiger charge is -2.28. The molecule has 0 bridgehead atoms. The van der Waals surface area contributed by atoms with Crippen molar-refractivity contribution in [3.8, 4) is 0 Å².